The standard InChI is InChI=1S/C23H33F3N2O8/c1-8-34-17(30)22(28(18(31)35-20(2,3)4)19(32)36-21(5,6)7)14-15(22)10-9-12-33-13-11-27-16(29)23(24,25)26/h15H,8,11-14H2,1-7H3,(H,27,29)/t15-,22-/m1/s1. The molecule has 0 unspecified atom stereocenters. The van der Waals surface area contributed by atoms with Crippen LogP contribution < -0.4 is 5.32 Å². The molecule has 1 N–H and O–H groups in total. The number of carbonyl (C=O) groups excluding carboxylic acids is 4. The zero-order valence-electron chi connectivity index (χ0n) is 21.5. The van der Waals surface area contributed by atoms with Crippen molar-refractivity contribution in [3.63, 3.8) is 0 Å². The summed E-state index contributed by atoms with van der Waals surface area (Å²) in [6.45, 7) is 10.2. The number of rotatable bonds is 7. The van der Waals surface area contributed by atoms with Crippen LogP contribution in [0.5, 0.6) is 0 Å². The van der Waals surface area contributed by atoms with Gasteiger partial charge < -0.3 is 24.3 Å². The van der Waals surface area contributed by atoms with Crippen molar-refractivity contribution in [3.05, 3.63) is 0 Å². The van der Waals surface area contributed by atoms with Crippen LogP contribution in [-0.2, 0) is 28.5 Å². The van der Waals surface area contributed by atoms with Gasteiger partial charge in [0.15, 0.2) is 5.54 Å². The molecule has 0 aromatic rings. The highest BCUT2D eigenvalue weighted by atomic mass is 19.4. The van der Waals surface area contributed by atoms with Crippen LogP contribution in [0.4, 0.5) is 22.8 Å². The van der Waals surface area contributed by atoms with E-state index in [9.17, 15) is 32.3 Å². The molecule has 13 heteroatoms. The molecular formula is C23H33F3N2O8. The van der Waals surface area contributed by atoms with E-state index in [0.29, 0.717) is 4.90 Å². The first-order valence-corrected chi connectivity index (χ1v) is 11.2. The Morgan fingerprint density at radius 3 is 1.97 bits per heavy atom. The summed E-state index contributed by atoms with van der Waals surface area (Å²) >= 11 is 0. The summed E-state index contributed by atoms with van der Waals surface area (Å²) in [6.07, 6.45) is -7.24. The molecule has 0 spiro atoms. The minimum absolute atomic E-state index is 0.0238. The lowest BCUT2D eigenvalue weighted by Crippen LogP contribution is -2.55. The number of nitrogens with one attached hydrogen (secondary N) is 1. The number of alkyl halides is 3. The van der Waals surface area contributed by atoms with Crippen molar-refractivity contribution in [2.75, 3.05) is 26.4 Å². The number of hydrogen-bond donors (Lipinski definition) is 1. The van der Waals surface area contributed by atoms with Crippen LogP contribution in [0.1, 0.15) is 54.9 Å². The van der Waals surface area contributed by atoms with Crippen LogP contribution in [0.3, 0.4) is 0 Å². The number of amides is 3. The van der Waals surface area contributed by atoms with Gasteiger partial charge in [0.1, 0.15) is 17.8 Å². The summed E-state index contributed by atoms with van der Waals surface area (Å²) in [7, 11) is 0. The Balaban J connectivity index is 3.02. The lowest BCUT2D eigenvalue weighted by atomic mass is 10.1. The van der Waals surface area contributed by atoms with Crippen molar-refractivity contribution in [1.82, 2.24) is 10.2 Å². The van der Waals surface area contributed by atoms with Crippen LogP contribution in [0.25, 0.3) is 0 Å². The average Bonchev–Trinajstić information content (AvgIpc) is 3.38. The fourth-order valence-corrected chi connectivity index (χ4v) is 2.88. The lowest BCUT2D eigenvalue weighted by molar-refractivity contribution is -0.173. The molecule has 0 bridgehead atoms. The molecule has 204 valence electrons. The molecule has 0 heterocycles. The molecule has 1 fully saturated rings. The maximum absolute atomic E-state index is 13.0. The topological polar surface area (TPSA) is 120 Å². The van der Waals surface area contributed by atoms with E-state index in [1.54, 1.807) is 53.8 Å². The van der Waals surface area contributed by atoms with Crippen LogP contribution in [0.15, 0.2) is 0 Å². The Labute approximate surface area is 208 Å². The number of carbonyl (C=O) groups is 4. The molecule has 10 nitrogen and oxygen atoms in total. The second-order valence-corrected chi connectivity index (χ2v) is 9.82. The van der Waals surface area contributed by atoms with E-state index in [1.165, 1.54) is 0 Å². The zero-order valence-corrected chi connectivity index (χ0v) is 21.5. The molecule has 3 amide bonds. The van der Waals surface area contributed by atoms with Crippen LogP contribution in [0, 0.1) is 17.8 Å². The molecule has 2 atom stereocenters. The van der Waals surface area contributed by atoms with Gasteiger partial charge in [-0.05, 0) is 48.5 Å². The fraction of sp³-hybridized carbons (Fsp3) is 0.739. The van der Waals surface area contributed by atoms with E-state index in [-0.39, 0.29) is 32.8 Å². The van der Waals surface area contributed by atoms with Gasteiger partial charge >= 0.3 is 30.2 Å². The first-order chi connectivity index (χ1) is 16.3. The molecule has 1 saturated carbocycles. The zero-order chi connectivity index (χ0) is 27.9. The summed E-state index contributed by atoms with van der Waals surface area (Å²) in [5, 5.41) is 1.65. The van der Waals surface area contributed by atoms with Gasteiger partial charge in [-0.3, -0.25) is 4.79 Å². The smallest absolute Gasteiger partial charge is 0.464 e. The van der Waals surface area contributed by atoms with E-state index in [4.69, 9.17) is 18.9 Å². The van der Waals surface area contributed by atoms with Crippen molar-refractivity contribution in [1.29, 1.82) is 0 Å². The molecule has 1 rings (SSSR count). The Kier molecular flexibility index (Phi) is 10.2. The molecular weight excluding hydrogens is 489 g/mol. The summed E-state index contributed by atoms with van der Waals surface area (Å²) in [6, 6.07) is 0. The second kappa shape index (κ2) is 11.8. The summed E-state index contributed by atoms with van der Waals surface area (Å²) < 4.78 is 57.3. The maximum Gasteiger partial charge on any atom is 0.471 e. The van der Waals surface area contributed by atoms with Crippen molar-refractivity contribution in [2.24, 2.45) is 5.92 Å². The van der Waals surface area contributed by atoms with Gasteiger partial charge in [-0.15, -0.1) is 0 Å². The van der Waals surface area contributed by atoms with Crippen molar-refractivity contribution in [3.8, 4) is 11.8 Å². The number of hydrogen-bond acceptors (Lipinski definition) is 8. The van der Waals surface area contributed by atoms with Gasteiger partial charge in [0.25, 0.3) is 0 Å². The third-order valence-corrected chi connectivity index (χ3v) is 4.35. The highest BCUT2D eigenvalue weighted by Crippen LogP contribution is 2.50. The van der Waals surface area contributed by atoms with Gasteiger partial charge in [0.2, 0.25) is 0 Å². The number of esters is 1. The van der Waals surface area contributed by atoms with Crippen LogP contribution in [0.2, 0.25) is 0 Å². The van der Waals surface area contributed by atoms with Crippen LogP contribution in [-0.4, -0.2) is 78.2 Å². The maximum atomic E-state index is 13.0. The highest BCUT2D eigenvalue weighted by Gasteiger charge is 2.70. The quantitative estimate of drug-likeness (QED) is 0.234. The SMILES string of the molecule is CCOC(=O)[C@@]1(N(C(=O)OC(C)(C)C)C(=O)OC(C)(C)C)C[C@H]1C#CCOCCNC(=O)C(F)(F)F. The normalized spacial score (nSPS) is 19.3. The number of imide groups is 1. The summed E-state index contributed by atoms with van der Waals surface area (Å²) in [4.78, 5) is 50.3. The van der Waals surface area contributed by atoms with Gasteiger partial charge in [0.05, 0.1) is 19.1 Å². The van der Waals surface area contributed by atoms with E-state index in [1.807, 2.05) is 0 Å². The predicted octanol–water partition coefficient (Wildman–Crippen LogP) is 3.18. The summed E-state index contributed by atoms with van der Waals surface area (Å²) in [5.41, 5.74) is -3.76. The molecule has 0 aromatic heterocycles. The van der Waals surface area contributed by atoms with Crippen LogP contribution >= 0.6 is 0 Å². The number of halogens is 3. The minimum atomic E-state index is -4.99. The molecule has 0 radical (unpaired) electrons. The molecule has 1 aliphatic rings. The molecule has 0 aliphatic heterocycles. The third-order valence-electron chi connectivity index (χ3n) is 4.35. The monoisotopic (exact) mass is 522 g/mol. The van der Waals surface area contributed by atoms with E-state index >= 15 is 0 Å². The average molecular weight is 523 g/mol. The largest absolute Gasteiger partial charge is 0.471 e. The lowest BCUT2D eigenvalue weighted by Gasteiger charge is -2.32. The van der Waals surface area contributed by atoms with E-state index in [2.05, 4.69) is 11.8 Å². The Morgan fingerprint density at radius 1 is 1.00 bits per heavy atom. The fourth-order valence-electron chi connectivity index (χ4n) is 2.88. The van der Waals surface area contributed by atoms with Gasteiger partial charge in [0, 0.05) is 13.0 Å². The van der Waals surface area contributed by atoms with Gasteiger partial charge in [-0.1, -0.05) is 11.8 Å². The van der Waals surface area contributed by atoms with Crippen molar-refractivity contribution >= 4 is 24.1 Å². The molecule has 0 saturated heterocycles. The Hall–Kier alpha value is -3.01. The van der Waals surface area contributed by atoms with Gasteiger partial charge in [-0.2, -0.15) is 18.1 Å². The Morgan fingerprint density at radius 2 is 1.53 bits per heavy atom. The van der Waals surface area contributed by atoms with E-state index < -0.39 is 52.9 Å². The second-order valence-electron chi connectivity index (χ2n) is 9.82. The minimum Gasteiger partial charge on any atom is -0.464 e. The van der Waals surface area contributed by atoms with Crippen molar-refractivity contribution in [2.45, 2.75) is 77.8 Å². The highest BCUT2D eigenvalue weighted by molar-refractivity contribution is 5.99. The third kappa shape index (κ3) is 9.22. The first-order valence-electron chi connectivity index (χ1n) is 11.2. The Bertz CT molecular complexity index is 868. The number of nitrogens with zero attached hydrogens (tertiary/aromatic N) is 1. The molecule has 36 heavy (non-hydrogen) atoms. The summed E-state index contributed by atoms with van der Waals surface area (Å²) in [5.74, 6) is 1.55. The predicted molar refractivity (Wildman–Crippen MR) is 119 cm³/mol. The van der Waals surface area contributed by atoms with E-state index in [0.717, 1.165) is 0 Å². The number of ether oxygens (including phenoxy) is 4. The van der Waals surface area contributed by atoms with Crippen molar-refractivity contribution < 1.29 is 51.3 Å². The first kappa shape index (κ1) is 31.0. The molecule has 0 aromatic carbocycles. The molecule has 1 aliphatic carbocycles. The van der Waals surface area contributed by atoms with Gasteiger partial charge in [-0.25, -0.2) is 14.4 Å².